The molecule has 2 unspecified atom stereocenters. The monoisotopic (exact) mass is 287 g/mol. The van der Waals surface area contributed by atoms with Gasteiger partial charge in [0.2, 0.25) is 0 Å². The molecule has 0 radical (unpaired) electrons. The SMILES string of the molecule is CCCCSC1CCCC(NC(C)C)(C(=O)OC)C1. The van der Waals surface area contributed by atoms with Crippen molar-refractivity contribution in [3.05, 3.63) is 0 Å². The van der Waals surface area contributed by atoms with Gasteiger partial charge in [-0.15, -0.1) is 0 Å². The van der Waals surface area contributed by atoms with E-state index in [0.29, 0.717) is 11.3 Å². The third kappa shape index (κ3) is 4.99. The van der Waals surface area contributed by atoms with Crippen LogP contribution < -0.4 is 5.32 Å². The Bertz CT molecular complexity index is 283. The molecule has 0 bridgehead atoms. The summed E-state index contributed by atoms with van der Waals surface area (Å²) in [6, 6.07) is 0.304. The number of nitrogens with one attached hydrogen (secondary N) is 1. The van der Waals surface area contributed by atoms with Crippen molar-refractivity contribution in [3.63, 3.8) is 0 Å². The molecule has 1 fully saturated rings. The molecule has 2 atom stereocenters. The summed E-state index contributed by atoms with van der Waals surface area (Å²) in [7, 11) is 1.50. The first kappa shape index (κ1) is 16.8. The van der Waals surface area contributed by atoms with Gasteiger partial charge in [0.1, 0.15) is 5.54 Å². The summed E-state index contributed by atoms with van der Waals surface area (Å²) in [5, 5.41) is 4.07. The number of hydrogen-bond acceptors (Lipinski definition) is 4. The van der Waals surface area contributed by atoms with Crippen LogP contribution in [-0.4, -0.2) is 35.7 Å². The van der Waals surface area contributed by atoms with Gasteiger partial charge in [-0.1, -0.05) is 13.3 Å². The Hall–Kier alpha value is -0.220. The summed E-state index contributed by atoms with van der Waals surface area (Å²) in [4.78, 5) is 12.2. The maximum atomic E-state index is 12.2. The van der Waals surface area contributed by atoms with Gasteiger partial charge in [0.15, 0.2) is 0 Å². The highest BCUT2D eigenvalue weighted by Crippen LogP contribution is 2.36. The van der Waals surface area contributed by atoms with Crippen molar-refractivity contribution in [3.8, 4) is 0 Å². The Labute approximate surface area is 122 Å². The largest absolute Gasteiger partial charge is 0.468 e. The standard InChI is InChI=1S/C15H29NO2S/c1-5-6-10-19-13-8-7-9-15(11-13,14(17)18-4)16-12(2)3/h12-13,16H,5-11H2,1-4H3. The number of rotatable bonds is 7. The highest BCUT2D eigenvalue weighted by Gasteiger charge is 2.44. The molecule has 1 rings (SSSR count). The van der Waals surface area contributed by atoms with E-state index in [1.54, 1.807) is 0 Å². The number of carbonyl (C=O) groups is 1. The molecular weight excluding hydrogens is 258 g/mol. The highest BCUT2D eigenvalue weighted by molar-refractivity contribution is 7.99. The zero-order chi connectivity index (χ0) is 14.3. The van der Waals surface area contributed by atoms with Crippen molar-refractivity contribution >= 4 is 17.7 Å². The predicted molar refractivity (Wildman–Crippen MR) is 82.6 cm³/mol. The first-order valence-corrected chi connectivity index (χ1v) is 8.56. The van der Waals surface area contributed by atoms with Gasteiger partial charge in [-0.2, -0.15) is 11.8 Å². The summed E-state index contributed by atoms with van der Waals surface area (Å²) >= 11 is 2.03. The number of ether oxygens (including phenoxy) is 1. The molecule has 0 aliphatic heterocycles. The Morgan fingerprint density at radius 3 is 2.84 bits per heavy atom. The fourth-order valence-electron chi connectivity index (χ4n) is 2.88. The maximum absolute atomic E-state index is 12.2. The lowest BCUT2D eigenvalue weighted by Gasteiger charge is -2.40. The van der Waals surface area contributed by atoms with Crippen LogP contribution >= 0.6 is 11.8 Å². The molecular formula is C15H29NO2S. The molecule has 1 aliphatic carbocycles. The normalized spacial score (nSPS) is 27.5. The Morgan fingerprint density at radius 2 is 2.26 bits per heavy atom. The second-order valence-corrected chi connectivity index (χ2v) is 7.22. The summed E-state index contributed by atoms with van der Waals surface area (Å²) in [6.07, 6.45) is 6.66. The van der Waals surface area contributed by atoms with Crippen LogP contribution in [0, 0.1) is 0 Å². The van der Waals surface area contributed by atoms with E-state index in [-0.39, 0.29) is 5.97 Å². The molecule has 0 aromatic heterocycles. The molecule has 19 heavy (non-hydrogen) atoms. The van der Waals surface area contributed by atoms with Gasteiger partial charge in [-0.25, -0.2) is 0 Å². The van der Waals surface area contributed by atoms with Gasteiger partial charge in [-0.3, -0.25) is 10.1 Å². The van der Waals surface area contributed by atoms with Crippen LogP contribution in [0.4, 0.5) is 0 Å². The first-order chi connectivity index (χ1) is 9.04. The lowest BCUT2D eigenvalue weighted by Crippen LogP contribution is -2.58. The zero-order valence-electron chi connectivity index (χ0n) is 12.8. The topological polar surface area (TPSA) is 38.3 Å². The molecule has 1 N–H and O–H groups in total. The maximum Gasteiger partial charge on any atom is 0.326 e. The predicted octanol–water partition coefficient (Wildman–Crippen LogP) is 3.37. The number of unbranched alkanes of at least 4 members (excludes halogenated alkanes) is 1. The minimum Gasteiger partial charge on any atom is -0.468 e. The van der Waals surface area contributed by atoms with Crippen LogP contribution in [0.25, 0.3) is 0 Å². The first-order valence-electron chi connectivity index (χ1n) is 7.51. The highest BCUT2D eigenvalue weighted by atomic mass is 32.2. The van der Waals surface area contributed by atoms with Gasteiger partial charge >= 0.3 is 5.97 Å². The molecule has 3 nitrogen and oxygen atoms in total. The van der Waals surface area contributed by atoms with E-state index in [0.717, 1.165) is 19.3 Å². The molecule has 1 aliphatic rings. The number of esters is 1. The third-order valence-corrected chi connectivity index (χ3v) is 5.10. The number of methoxy groups -OCH3 is 1. The lowest BCUT2D eigenvalue weighted by molar-refractivity contribution is -0.150. The summed E-state index contributed by atoms with van der Waals surface area (Å²) in [5.74, 6) is 1.13. The van der Waals surface area contributed by atoms with Crippen molar-refractivity contribution in [1.82, 2.24) is 5.32 Å². The van der Waals surface area contributed by atoms with Gasteiger partial charge in [-0.05, 0) is 51.7 Å². The summed E-state index contributed by atoms with van der Waals surface area (Å²) in [6.45, 7) is 6.41. The quantitative estimate of drug-likeness (QED) is 0.575. The van der Waals surface area contributed by atoms with Crippen molar-refractivity contribution < 1.29 is 9.53 Å². The Kier molecular flexibility index (Phi) is 7.22. The molecule has 0 spiro atoms. The molecule has 0 aromatic carbocycles. The van der Waals surface area contributed by atoms with Crippen molar-refractivity contribution in [1.29, 1.82) is 0 Å². The second kappa shape index (κ2) is 8.15. The van der Waals surface area contributed by atoms with Gasteiger partial charge < -0.3 is 4.74 Å². The number of thioether (sulfide) groups is 1. The number of carbonyl (C=O) groups excluding carboxylic acids is 1. The zero-order valence-corrected chi connectivity index (χ0v) is 13.6. The molecule has 0 aromatic rings. The fourth-order valence-corrected chi connectivity index (χ4v) is 4.41. The van der Waals surface area contributed by atoms with Crippen LogP contribution in [0.2, 0.25) is 0 Å². The Balaban J connectivity index is 2.66. The number of hydrogen-bond donors (Lipinski definition) is 1. The molecule has 0 heterocycles. The fraction of sp³-hybridized carbons (Fsp3) is 0.933. The van der Waals surface area contributed by atoms with Gasteiger partial charge in [0, 0.05) is 11.3 Å². The van der Waals surface area contributed by atoms with Crippen molar-refractivity contribution in [2.45, 2.75) is 76.1 Å². The molecule has 112 valence electrons. The van der Waals surface area contributed by atoms with Gasteiger partial charge in [0.25, 0.3) is 0 Å². The minimum absolute atomic E-state index is 0.0815. The van der Waals surface area contributed by atoms with E-state index >= 15 is 0 Å². The second-order valence-electron chi connectivity index (χ2n) is 5.82. The summed E-state index contributed by atoms with van der Waals surface area (Å²) in [5.41, 5.74) is -0.453. The van der Waals surface area contributed by atoms with E-state index in [4.69, 9.17) is 4.74 Å². The third-order valence-electron chi connectivity index (χ3n) is 3.70. The van der Waals surface area contributed by atoms with E-state index in [1.807, 2.05) is 11.8 Å². The van der Waals surface area contributed by atoms with E-state index < -0.39 is 5.54 Å². The average molecular weight is 287 g/mol. The van der Waals surface area contributed by atoms with Crippen LogP contribution in [-0.2, 0) is 9.53 Å². The molecule has 0 amide bonds. The average Bonchev–Trinajstić information content (AvgIpc) is 2.37. The van der Waals surface area contributed by atoms with Crippen molar-refractivity contribution in [2.75, 3.05) is 12.9 Å². The van der Waals surface area contributed by atoms with Crippen molar-refractivity contribution in [2.24, 2.45) is 0 Å². The van der Waals surface area contributed by atoms with E-state index in [1.165, 1.54) is 32.1 Å². The Morgan fingerprint density at radius 1 is 1.53 bits per heavy atom. The van der Waals surface area contributed by atoms with E-state index in [2.05, 4.69) is 26.1 Å². The smallest absolute Gasteiger partial charge is 0.326 e. The minimum atomic E-state index is -0.453. The van der Waals surface area contributed by atoms with E-state index in [9.17, 15) is 4.79 Å². The van der Waals surface area contributed by atoms with Crippen LogP contribution in [0.1, 0.15) is 59.3 Å². The van der Waals surface area contributed by atoms with Crippen LogP contribution in [0.5, 0.6) is 0 Å². The molecule has 0 saturated heterocycles. The van der Waals surface area contributed by atoms with Gasteiger partial charge in [0.05, 0.1) is 7.11 Å². The molecule has 4 heteroatoms. The van der Waals surface area contributed by atoms with Crippen LogP contribution in [0.3, 0.4) is 0 Å². The molecule has 1 saturated carbocycles. The lowest BCUT2D eigenvalue weighted by atomic mass is 9.81. The summed E-state index contributed by atoms with van der Waals surface area (Å²) < 4.78 is 5.06. The van der Waals surface area contributed by atoms with Crippen LogP contribution in [0.15, 0.2) is 0 Å².